The number of ether oxygens (including phenoxy) is 1. The van der Waals surface area contributed by atoms with E-state index in [4.69, 9.17) is 9.72 Å². The van der Waals surface area contributed by atoms with Crippen molar-refractivity contribution in [3.05, 3.63) is 78.9 Å². The summed E-state index contributed by atoms with van der Waals surface area (Å²) in [6.07, 6.45) is 7.89. The molecule has 4 aromatic rings. The Balaban J connectivity index is 1.63. The first-order valence-electron chi connectivity index (χ1n) is 13.4. The minimum absolute atomic E-state index is 0.146. The molecule has 1 N–H and O–H groups in total. The zero-order valence-electron chi connectivity index (χ0n) is 23.9. The van der Waals surface area contributed by atoms with E-state index in [2.05, 4.69) is 15.4 Å². The number of carbonyl (C=O) groups excluding carboxylic acids is 2. The number of hydrogen-bond donors (Lipinski definition) is 1. The summed E-state index contributed by atoms with van der Waals surface area (Å²) in [6.45, 7) is 10.8. The Labute approximate surface area is 234 Å². The number of hydrogen-bond acceptors (Lipinski definition) is 6. The Kier molecular flexibility index (Phi) is 8.62. The van der Waals surface area contributed by atoms with Crippen molar-refractivity contribution in [2.75, 3.05) is 5.32 Å². The Hall–Kier alpha value is -4.53. The van der Waals surface area contributed by atoms with Crippen LogP contribution in [0.15, 0.2) is 73.2 Å². The first-order chi connectivity index (χ1) is 19.1. The Morgan fingerprint density at radius 3 is 2.48 bits per heavy atom. The van der Waals surface area contributed by atoms with Crippen molar-refractivity contribution in [3.63, 3.8) is 0 Å². The number of aromatic nitrogens is 4. The van der Waals surface area contributed by atoms with Gasteiger partial charge < -0.3 is 10.1 Å². The first-order valence-corrected chi connectivity index (χ1v) is 13.4. The van der Waals surface area contributed by atoms with Crippen LogP contribution in [0.25, 0.3) is 28.0 Å². The van der Waals surface area contributed by atoms with Gasteiger partial charge in [0.15, 0.2) is 5.65 Å². The molecule has 0 saturated carbocycles. The van der Waals surface area contributed by atoms with Gasteiger partial charge in [0.2, 0.25) is 5.91 Å². The van der Waals surface area contributed by atoms with Crippen LogP contribution in [0.4, 0.5) is 10.6 Å². The molecule has 40 heavy (non-hydrogen) atoms. The molecule has 9 nitrogen and oxygen atoms in total. The van der Waals surface area contributed by atoms with Gasteiger partial charge in [-0.1, -0.05) is 42.5 Å². The molecule has 0 unspecified atom stereocenters. The summed E-state index contributed by atoms with van der Waals surface area (Å²) in [5.41, 5.74) is 4.36. The number of fused-ring (bicyclic) bond motifs is 1. The van der Waals surface area contributed by atoms with Crippen LogP contribution in [0, 0.1) is 0 Å². The summed E-state index contributed by atoms with van der Waals surface area (Å²) in [7, 11) is 0. The molecule has 0 fully saturated rings. The van der Waals surface area contributed by atoms with Crippen LogP contribution >= 0.6 is 0 Å². The molecule has 1 atom stereocenters. The molecule has 0 radical (unpaired) electrons. The van der Waals surface area contributed by atoms with E-state index in [-0.39, 0.29) is 11.9 Å². The lowest BCUT2D eigenvalue weighted by atomic mass is 10.1. The standard InChI is InChI=1S/C31H36N6O3/c1-7-17-36(30(39)40-31(4,5)6)21(2)13-15-25-18-28(34-22(3)38)37-29(35-25)26(20-33-37)24-14-16-27(32-19-24)23-11-9-8-10-12-23/h7-12,14,16-21H,13,15H2,1-6H3,(H,34,38)/b17-7-/t21-/m1/s1. The highest BCUT2D eigenvalue weighted by atomic mass is 16.6. The average Bonchev–Trinajstić information content (AvgIpc) is 3.34. The zero-order chi connectivity index (χ0) is 28.9. The molecule has 0 aliphatic carbocycles. The third-order valence-electron chi connectivity index (χ3n) is 6.18. The van der Waals surface area contributed by atoms with E-state index in [0.29, 0.717) is 24.3 Å². The van der Waals surface area contributed by atoms with Crippen LogP contribution in [-0.4, -0.2) is 48.1 Å². The lowest BCUT2D eigenvalue weighted by molar-refractivity contribution is -0.114. The van der Waals surface area contributed by atoms with E-state index < -0.39 is 11.7 Å². The highest BCUT2D eigenvalue weighted by Crippen LogP contribution is 2.28. The fourth-order valence-corrected chi connectivity index (χ4v) is 4.31. The smallest absolute Gasteiger partial charge is 0.414 e. The predicted octanol–water partition coefficient (Wildman–Crippen LogP) is 6.51. The fourth-order valence-electron chi connectivity index (χ4n) is 4.31. The van der Waals surface area contributed by atoms with Crippen LogP contribution in [0.1, 0.15) is 53.7 Å². The molecule has 9 heteroatoms. The molecule has 208 valence electrons. The van der Waals surface area contributed by atoms with Gasteiger partial charge in [0.1, 0.15) is 11.4 Å². The minimum atomic E-state index is -0.594. The molecule has 0 saturated heterocycles. The van der Waals surface area contributed by atoms with Gasteiger partial charge >= 0.3 is 6.09 Å². The molecular formula is C31H36N6O3. The van der Waals surface area contributed by atoms with Crippen LogP contribution in [0.5, 0.6) is 0 Å². The van der Waals surface area contributed by atoms with E-state index >= 15 is 0 Å². The average molecular weight is 541 g/mol. The maximum Gasteiger partial charge on any atom is 0.414 e. The SMILES string of the molecule is C/C=C\N(C(=O)OC(C)(C)C)[C@H](C)CCc1cc(NC(C)=O)n2ncc(-c3ccc(-c4ccccc4)nc3)c2n1. The van der Waals surface area contributed by atoms with Crippen molar-refractivity contribution < 1.29 is 14.3 Å². The molecule has 0 bridgehead atoms. The van der Waals surface area contributed by atoms with Crippen LogP contribution < -0.4 is 5.32 Å². The number of pyridine rings is 1. The third kappa shape index (κ3) is 6.91. The number of anilines is 1. The molecule has 0 spiro atoms. The van der Waals surface area contributed by atoms with Crippen LogP contribution in [0.3, 0.4) is 0 Å². The maximum atomic E-state index is 12.8. The van der Waals surface area contributed by atoms with E-state index in [1.807, 2.05) is 95.4 Å². The van der Waals surface area contributed by atoms with Crippen molar-refractivity contribution in [2.24, 2.45) is 0 Å². The molecule has 2 amide bonds. The lowest BCUT2D eigenvalue weighted by Gasteiger charge is -2.29. The number of allylic oxidation sites excluding steroid dienone is 1. The molecular weight excluding hydrogens is 504 g/mol. The summed E-state index contributed by atoms with van der Waals surface area (Å²) in [6, 6.07) is 15.6. The molecule has 1 aromatic carbocycles. The second-order valence-corrected chi connectivity index (χ2v) is 10.7. The monoisotopic (exact) mass is 540 g/mol. The fraction of sp³-hybridized carbons (Fsp3) is 0.323. The van der Waals surface area contributed by atoms with E-state index in [0.717, 1.165) is 28.1 Å². The zero-order valence-corrected chi connectivity index (χ0v) is 23.9. The van der Waals surface area contributed by atoms with Gasteiger partial charge in [0.05, 0.1) is 11.9 Å². The number of nitrogens with zero attached hydrogens (tertiary/aromatic N) is 5. The Bertz CT molecular complexity index is 1500. The number of rotatable bonds is 8. The van der Waals surface area contributed by atoms with Crippen molar-refractivity contribution in [3.8, 4) is 22.4 Å². The predicted molar refractivity (Wildman–Crippen MR) is 157 cm³/mol. The molecule has 0 aliphatic heterocycles. The van der Waals surface area contributed by atoms with Gasteiger partial charge in [-0.15, -0.1) is 0 Å². The summed E-state index contributed by atoms with van der Waals surface area (Å²) < 4.78 is 7.22. The minimum Gasteiger partial charge on any atom is -0.443 e. The van der Waals surface area contributed by atoms with Crippen molar-refractivity contribution in [2.45, 2.75) is 66.0 Å². The highest BCUT2D eigenvalue weighted by molar-refractivity contribution is 5.89. The number of carbonyl (C=O) groups is 2. The second-order valence-electron chi connectivity index (χ2n) is 10.7. The van der Waals surface area contributed by atoms with E-state index in [9.17, 15) is 9.59 Å². The number of benzene rings is 1. The summed E-state index contributed by atoms with van der Waals surface area (Å²) in [5, 5.41) is 7.38. The molecule has 4 rings (SSSR count). The normalized spacial score (nSPS) is 12.4. The summed E-state index contributed by atoms with van der Waals surface area (Å²) in [4.78, 5) is 36.0. The van der Waals surface area contributed by atoms with Crippen molar-refractivity contribution in [1.82, 2.24) is 24.5 Å². The maximum absolute atomic E-state index is 12.8. The Morgan fingerprint density at radius 2 is 1.85 bits per heavy atom. The van der Waals surface area contributed by atoms with Gasteiger partial charge in [0, 0.05) is 53.8 Å². The number of aryl methyl sites for hydroxylation is 1. The van der Waals surface area contributed by atoms with Crippen molar-refractivity contribution in [1.29, 1.82) is 0 Å². The van der Waals surface area contributed by atoms with Crippen molar-refractivity contribution >= 4 is 23.5 Å². The largest absolute Gasteiger partial charge is 0.443 e. The quantitative estimate of drug-likeness (QED) is 0.273. The number of amides is 2. The molecule has 3 aromatic heterocycles. The van der Waals surface area contributed by atoms with Gasteiger partial charge in [-0.25, -0.2) is 9.78 Å². The summed E-state index contributed by atoms with van der Waals surface area (Å²) >= 11 is 0. The lowest BCUT2D eigenvalue weighted by Crippen LogP contribution is -2.39. The van der Waals surface area contributed by atoms with Gasteiger partial charge in [0.25, 0.3) is 0 Å². The Morgan fingerprint density at radius 1 is 1.10 bits per heavy atom. The summed E-state index contributed by atoms with van der Waals surface area (Å²) in [5.74, 6) is 0.319. The third-order valence-corrected chi connectivity index (χ3v) is 6.18. The molecule has 3 heterocycles. The second kappa shape index (κ2) is 12.1. The number of nitrogens with one attached hydrogen (secondary N) is 1. The first kappa shape index (κ1) is 28.5. The van der Waals surface area contributed by atoms with E-state index in [1.165, 1.54) is 6.92 Å². The van der Waals surface area contributed by atoms with Crippen LogP contribution in [-0.2, 0) is 16.0 Å². The van der Waals surface area contributed by atoms with E-state index in [1.54, 1.807) is 21.8 Å². The van der Waals surface area contributed by atoms with Gasteiger partial charge in [-0.05, 0) is 53.5 Å². The van der Waals surface area contributed by atoms with Gasteiger partial charge in [-0.2, -0.15) is 9.61 Å². The topological polar surface area (TPSA) is 102 Å². The van der Waals surface area contributed by atoms with Gasteiger partial charge in [-0.3, -0.25) is 14.7 Å². The van der Waals surface area contributed by atoms with Crippen LogP contribution in [0.2, 0.25) is 0 Å². The molecule has 0 aliphatic rings. The highest BCUT2D eigenvalue weighted by Gasteiger charge is 2.25.